The van der Waals surface area contributed by atoms with Crippen LogP contribution in [0.2, 0.25) is 0 Å². The lowest BCUT2D eigenvalue weighted by molar-refractivity contribution is -0.145. The van der Waals surface area contributed by atoms with Crippen molar-refractivity contribution >= 4 is 34.1 Å². The van der Waals surface area contributed by atoms with Crippen molar-refractivity contribution in [2.75, 3.05) is 51.4 Å². The van der Waals surface area contributed by atoms with Crippen molar-refractivity contribution in [3.8, 4) is 11.1 Å². The Kier molecular flexibility index (Phi) is 6.47. The van der Waals surface area contributed by atoms with Crippen LogP contribution in [0.3, 0.4) is 0 Å². The van der Waals surface area contributed by atoms with Crippen LogP contribution in [-0.4, -0.2) is 80.2 Å². The number of hydrogen-bond donors (Lipinski definition) is 1. The minimum Gasteiger partial charge on any atom is -0.469 e. The van der Waals surface area contributed by atoms with E-state index in [-0.39, 0.29) is 18.2 Å². The number of nitrogens with one attached hydrogen (secondary N) is 1. The summed E-state index contributed by atoms with van der Waals surface area (Å²) in [7, 11) is 1.27. The van der Waals surface area contributed by atoms with Crippen LogP contribution in [0, 0.1) is 0 Å². The van der Waals surface area contributed by atoms with Gasteiger partial charge in [-0.05, 0) is 23.8 Å². The molecule has 2 aromatic rings. The van der Waals surface area contributed by atoms with Crippen LogP contribution < -0.4 is 10.2 Å². The number of pyridine rings is 1. The van der Waals surface area contributed by atoms with Gasteiger partial charge >= 0.3 is 5.97 Å². The van der Waals surface area contributed by atoms with E-state index in [1.807, 2.05) is 18.2 Å². The molecule has 0 radical (unpaired) electrons. The first kappa shape index (κ1) is 21.3. The lowest BCUT2D eigenvalue weighted by atomic mass is 10.1. The smallest absolute Gasteiger partial charge is 0.308 e. The largest absolute Gasteiger partial charge is 0.469 e. The zero-order chi connectivity index (χ0) is 21.8. The molecule has 0 spiro atoms. The van der Waals surface area contributed by atoms with Gasteiger partial charge in [0, 0.05) is 44.1 Å². The van der Waals surface area contributed by atoms with Gasteiger partial charge in [-0.3, -0.25) is 19.4 Å². The normalized spacial score (nSPS) is 19.1. The number of anilines is 1. The molecule has 2 amide bonds. The molecule has 10 heteroatoms. The summed E-state index contributed by atoms with van der Waals surface area (Å²) < 4.78 is 10.2. The van der Waals surface area contributed by atoms with Crippen LogP contribution in [0.5, 0.6) is 0 Å². The Morgan fingerprint density at radius 3 is 2.71 bits per heavy atom. The standard InChI is InChI=1S/C21H24N4O5S/c1-29-18(26)13-16-19(27)23-6-7-25(16)20(28)17-12-15(14-2-4-22-5-3-14)21(31-17)24-8-10-30-11-9-24/h2-5,12,16H,6-11,13H2,1H3,(H,23,27). The van der Waals surface area contributed by atoms with Crippen LogP contribution in [0.1, 0.15) is 16.1 Å². The number of aromatic nitrogens is 1. The topological polar surface area (TPSA) is 101 Å². The number of morpholine rings is 1. The Morgan fingerprint density at radius 2 is 2.00 bits per heavy atom. The van der Waals surface area contributed by atoms with Crippen molar-refractivity contribution < 1.29 is 23.9 Å². The molecule has 1 N–H and O–H groups in total. The van der Waals surface area contributed by atoms with Crippen molar-refractivity contribution in [1.82, 2.24) is 15.2 Å². The highest BCUT2D eigenvalue weighted by molar-refractivity contribution is 7.18. The number of piperazine rings is 1. The van der Waals surface area contributed by atoms with Gasteiger partial charge in [0.1, 0.15) is 6.04 Å². The number of carbonyl (C=O) groups excluding carboxylic acids is 3. The Balaban J connectivity index is 1.68. The number of esters is 1. The molecule has 0 bridgehead atoms. The molecule has 2 aromatic heterocycles. The van der Waals surface area contributed by atoms with Crippen molar-refractivity contribution in [2.24, 2.45) is 0 Å². The van der Waals surface area contributed by atoms with Crippen LogP contribution >= 0.6 is 11.3 Å². The number of thiophene rings is 1. The summed E-state index contributed by atoms with van der Waals surface area (Å²) >= 11 is 1.40. The van der Waals surface area contributed by atoms with Gasteiger partial charge in [-0.25, -0.2) is 0 Å². The van der Waals surface area contributed by atoms with Gasteiger partial charge in [0.05, 0.1) is 36.6 Å². The molecule has 4 rings (SSSR count). The van der Waals surface area contributed by atoms with E-state index in [1.54, 1.807) is 12.4 Å². The minimum absolute atomic E-state index is 0.174. The summed E-state index contributed by atoms with van der Waals surface area (Å²) in [4.78, 5) is 46.0. The fourth-order valence-corrected chi connectivity index (χ4v) is 4.96. The van der Waals surface area contributed by atoms with Gasteiger partial charge in [-0.2, -0.15) is 0 Å². The van der Waals surface area contributed by atoms with Gasteiger partial charge in [0.15, 0.2) is 0 Å². The lowest BCUT2D eigenvalue weighted by Crippen LogP contribution is -2.57. The fourth-order valence-electron chi connectivity index (χ4n) is 3.77. The molecule has 0 aromatic carbocycles. The van der Waals surface area contributed by atoms with Crippen molar-refractivity contribution in [3.63, 3.8) is 0 Å². The zero-order valence-electron chi connectivity index (χ0n) is 17.2. The van der Waals surface area contributed by atoms with Gasteiger partial charge in [0.25, 0.3) is 5.91 Å². The highest BCUT2D eigenvalue weighted by atomic mass is 32.1. The van der Waals surface area contributed by atoms with E-state index in [4.69, 9.17) is 9.47 Å². The van der Waals surface area contributed by atoms with Crippen LogP contribution in [0.4, 0.5) is 5.00 Å². The summed E-state index contributed by atoms with van der Waals surface area (Å²) in [6.07, 6.45) is 3.27. The molecule has 2 saturated heterocycles. The predicted molar refractivity (Wildman–Crippen MR) is 115 cm³/mol. The molecular weight excluding hydrogens is 420 g/mol. The van der Waals surface area contributed by atoms with E-state index < -0.39 is 12.0 Å². The quantitative estimate of drug-likeness (QED) is 0.691. The maximum absolute atomic E-state index is 13.5. The van der Waals surface area contributed by atoms with Crippen molar-refractivity contribution in [1.29, 1.82) is 0 Å². The monoisotopic (exact) mass is 444 g/mol. The molecule has 2 fully saturated rings. The molecule has 164 valence electrons. The molecule has 0 saturated carbocycles. The molecule has 2 aliphatic heterocycles. The summed E-state index contributed by atoms with van der Waals surface area (Å²) in [6.45, 7) is 3.42. The molecule has 1 atom stereocenters. The highest BCUT2D eigenvalue weighted by Gasteiger charge is 2.36. The zero-order valence-corrected chi connectivity index (χ0v) is 18.0. The van der Waals surface area contributed by atoms with E-state index in [9.17, 15) is 14.4 Å². The number of methoxy groups -OCH3 is 1. The average Bonchev–Trinajstić information content (AvgIpc) is 3.26. The third kappa shape index (κ3) is 4.54. The molecule has 0 aliphatic carbocycles. The Labute approximate surface area is 183 Å². The minimum atomic E-state index is -0.882. The van der Waals surface area contributed by atoms with Crippen LogP contribution in [-0.2, 0) is 19.1 Å². The molecule has 1 unspecified atom stereocenters. The van der Waals surface area contributed by atoms with Crippen molar-refractivity contribution in [2.45, 2.75) is 12.5 Å². The van der Waals surface area contributed by atoms with Gasteiger partial charge < -0.3 is 24.6 Å². The molecule has 31 heavy (non-hydrogen) atoms. The first-order valence-electron chi connectivity index (χ1n) is 10.1. The number of rotatable bonds is 5. The molecule has 9 nitrogen and oxygen atoms in total. The summed E-state index contributed by atoms with van der Waals surface area (Å²) in [5.41, 5.74) is 1.91. The van der Waals surface area contributed by atoms with Gasteiger partial charge in [-0.1, -0.05) is 0 Å². The summed E-state index contributed by atoms with van der Waals surface area (Å²) in [6, 6.07) is 4.81. The van der Waals surface area contributed by atoms with Crippen LogP contribution in [0.25, 0.3) is 11.1 Å². The first-order chi connectivity index (χ1) is 15.1. The van der Waals surface area contributed by atoms with Gasteiger partial charge in [0.2, 0.25) is 5.91 Å². The SMILES string of the molecule is COC(=O)CC1C(=O)NCCN1C(=O)c1cc(-c2ccncc2)c(N2CCOCC2)s1. The van der Waals surface area contributed by atoms with E-state index in [0.717, 1.165) is 29.2 Å². The lowest BCUT2D eigenvalue weighted by Gasteiger charge is -2.34. The number of amides is 2. The van der Waals surface area contributed by atoms with E-state index >= 15 is 0 Å². The van der Waals surface area contributed by atoms with Gasteiger partial charge in [-0.15, -0.1) is 11.3 Å². The number of nitrogens with zero attached hydrogens (tertiary/aromatic N) is 3. The van der Waals surface area contributed by atoms with E-state index in [2.05, 4.69) is 15.2 Å². The third-order valence-corrected chi connectivity index (χ3v) is 6.58. The Bertz CT molecular complexity index is 958. The van der Waals surface area contributed by atoms with Crippen molar-refractivity contribution in [3.05, 3.63) is 35.5 Å². The second-order valence-corrected chi connectivity index (χ2v) is 8.28. The highest BCUT2D eigenvalue weighted by Crippen LogP contribution is 2.40. The number of carbonyl (C=O) groups is 3. The number of ether oxygens (including phenoxy) is 2. The predicted octanol–water partition coefficient (Wildman–Crippen LogP) is 1.15. The van der Waals surface area contributed by atoms with Crippen LogP contribution in [0.15, 0.2) is 30.6 Å². The van der Waals surface area contributed by atoms with E-state index in [1.165, 1.54) is 23.3 Å². The average molecular weight is 445 g/mol. The van der Waals surface area contributed by atoms with E-state index in [0.29, 0.717) is 31.2 Å². The Hall–Kier alpha value is -2.98. The molecule has 2 aliphatic rings. The summed E-state index contributed by atoms with van der Waals surface area (Å²) in [5, 5.41) is 3.72. The summed E-state index contributed by atoms with van der Waals surface area (Å²) in [5.74, 6) is -1.13. The Morgan fingerprint density at radius 1 is 1.26 bits per heavy atom. The molecular formula is C21H24N4O5S. The second kappa shape index (κ2) is 9.44. The first-order valence-corrected chi connectivity index (χ1v) is 10.9. The maximum atomic E-state index is 13.5. The second-order valence-electron chi connectivity index (χ2n) is 7.25. The molecule has 4 heterocycles. The fraction of sp³-hybridized carbons (Fsp3) is 0.429. The number of hydrogen-bond acceptors (Lipinski definition) is 8. The third-order valence-electron chi connectivity index (χ3n) is 5.39. The maximum Gasteiger partial charge on any atom is 0.308 e.